The van der Waals surface area contributed by atoms with E-state index in [9.17, 15) is 19.5 Å². The van der Waals surface area contributed by atoms with Crippen LogP contribution >= 0.6 is 0 Å². The zero-order chi connectivity index (χ0) is 23.1. The van der Waals surface area contributed by atoms with Crippen molar-refractivity contribution in [2.75, 3.05) is 7.11 Å². The third-order valence-corrected chi connectivity index (χ3v) is 4.73. The molecule has 164 valence electrons. The minimum atomic E-state index is -1.29. The predicted octanol–water partition coefficient (Wildman–Crippen LogP) is 2.67. The molecule has 3 aromatic rings. The van der Waals surface area contributed by atoms with E-state index in [0.29, 0.717) is 0 Å². The molecule has 0 bridgehead atoms. The van der Waals surface area contributed by atoms with E-state index in [1.807, 2.05) is 48.5 Å². The Morgan fingerprint density at radius 2 is 1.69 bits per heavy atom. The molecule has 9 nitrogen and oxygen atoms in total. The lowest BCUT2D eigenvalue weighted by atomic mass is 9.99. The molecule has 9 heteroatoms. The summed E-state index contributed by atoms with van der Waals surface area (Å²) < 4.78 is 5.39. The number of hydrogen-bond donors (Lipinski definition) is 3. The van der Waals surface area contributed by atoms with Crippen LogP contribution in [-0.2, 0) is 11.2 Å². The number of carbonyl (C=O) groups is 3. The molecule has 1 heterocycles. The van der Waals surface area contributed by atoms with Crippen LogP contribution in [0.25, 0.3) is 11.1 Å². The molecule has 3 N–H and O–H groups in total. The van der Waals surface area contributed by atoms with Crippen molar-refractivity contribution in [1.29, 1.82) is 0 Å². The SMILES string of the molecule is COc1ccccc1-c1ccc(CC(CC(=O)O)NC(=O)c2cc(C(=O)O)ncn2)cc1. The Hall–Kier alpha value is -4.27. The van der Waals surface area contributed by atoms with Crippen molar-refractivity contribution < 1.29 is 29.3 Å². The molecule has 0 aliphatic heterocycles. The molecule has 0 saturated heterocycles. The Morgan fingerprint density at radius 3 is 2.34 bits per heavy atom. The molecule has 1 atom stereocenters. The van der Waals surface area contributed by atoms with Crippen LogP contribution in [0.15, 0.2) is 60.9 Å². The summed E-state index contributed by atoms with van der Waals surface area (Å²) in [5.41, 5.74) is 2.21. The van der Waals surface area contributed by atoms with E-state index in [1.54, 1.807) is 7.11 Å². The third kappa shape index (κ3) is 5.66. The van der Waals surface area contributed by atoms with Crippen molar-refractivity contribution in [3.05, 3.63) is 77.9 Å². The summed E-state index contributed by atoms with van der Waals surface area (Å²) >= 11 is 0. The van der Waals surface area contributed by atoms with Gasteiger partial charge in [-0.05, 0) is 23.6 Å². The second-order valence-corrected chi connectivity index (χ2v) is 6.96. The molecule has 0 aliphatic rings. The number of aromatic nitrogens is 2. The summed E-state index contributed by atoms with van der Waals surface area (Å²) in [6, 6.07) is 15.4. The average Bonchev–Trinajstić information content (AvgIpc) is 2.79. The van der Waals surface area contributed by atoms with Gasteiger partial charge >= 0.3 is 11.9 Å². The maximum atomic E-state index is 12.5. The fourth-order valence-corrected chi connectivity index (χ4v) is 3.23. The molecular formula is C23H21N3O6. The van der Waals surface area contributed by atoms with E-state index in [2.05, 4.69) is 15.3 Å². The first kappa shape index (κ1) is 22.4. The lowest BCUT2D eigenvalue weighted by Crippen LogP contribution is -2.38. The number of benzene rings is 2. The van der Waals surface area contributed by atoms with Crippen molar-refractivity contribution in [2.24, 2.45) is 0 Å². The molecule has 3 rings (SSSR count). The summed E-state index contributed by atoms with van der Waals surface area (Å²) in [5.74, 6) is -2.30. The highest BCUT2D eigenvalue weighted by Crippen LogP contribution is 2.29. The van der Waals surface area contributed by atoms with Crippen molar-refractivity contribution >= 4 is 17.8 Å². The zero-order valence-corrected chi connectivity index (χ0v) is 17.2. The van der Waals surface area contributed by atoms with Gasteiger partial charge in [0.05, 0.1) is 13.5 Å². The molecular weight excluding hydrogens is 414 g/mol. The second-order valence-electron chi connectivity index (χ2n) is 6.96. The summed E-state index contributed by atoms with van der Waals surface area (Å²) in [7, 11) is 1.60. The average molecular weight is 435 g/mol. The number of nitrogens with zero attached hydrogens (tertiary/aromatic N) is 2. The Balaban J connectivity index is 1.75. The van der Waals surface area contributed by atoms with Gasteiger partial charge in [0.2, 0.25) is 0 Å². The van der Waals surface area contributed by atoms with Crippen molar-refractivity contribution in [3.8, 4) is 16.9 Å². The van der Waals surface area contributed by atoms with Crippen LogP contribution < -0.4 is 10.1 Å². The van der Waals surface area contributed by atoms with E-state index < -0.39 is 23.9 Å². The molecule has 0 radical (unpaired) electrons. The molecule has 1 amide bonds. The number of carboxylic acid groups (broad SMARTS) is 2. The number of para-hydroxylation sites is 1. The van der Waals surface area contributed by atoms with Crippen LogP contribution in [0.5, 0.6) is 5.75 Å². The number of aromatic carboxylic acids is 1. The van der Waals surface area contributed by atoms with Gasteiger partial charge < -0.3 is 20.3 Å². The highest BCUT2D eigenvalue weighted by molar-refractivity contribution is 5.95. The normalized spacial score (nSPS) is 11.4. The van der Waals surface area contributed by atoms with Gasteiger partial charge in [-0.3, -0.25) is 9.59 Å². The number of ether oxygens (including phenoxy) is 1. The van der Waals surface area contributed by atoms with E-state index >= 15 is 0 Å². The van der Waals surface area contributed by atoms with Crippen LogP contribution in [0.3, 0.4) is 0 Å². The Bertz CT molecular complexity index is 1130. The van der Waals surface area contributed by atoms with E-state index in [4.69, 9.17) is 9.84 Å². The lowest BCUT2D eigenvalue weighted by Gasteiger charge is -2.17. The Kier molecular flexibility index (Phi) is 7.12. The van der Waals surface area contributed by atoms with E-state index in [0.717, 1.165) is 34.8 Å². The van der Waals surface area contributed by atoms with E-state index in [1.165, 1.54) is 0 Å². The maximum Gasteiger partial charge on any atom is 0.354 e. The molecule has 0 saturated carbocycles. The first-order valence-electron chi connectivity index (χ1n) is 9.67. The van der Waals surface area contributed by atoms with Gasteiger partial charge in [0.15, 0.2) is 5.69 Å². The van der Waals surface area contributed by atoms with Gasteiger partial charge in [-0.2, -0.15) is 0 Å². The van der Waals surface area contributed by atoms with Crippen molar-refractivity contribution in [1.82, 2.24) is 15.3 Å². The van der Waals surface area contributed by atoms with Gasteiger partial charge in [0.1, 0.15) is 17.8 Å². The summed E-state index contributed by atoms with van der Waals surface area (Å²) in [6.45, 7) is 0. The van der Waals surface area contributed by atoms with Crippen LogP contribution in [0.4, 0.5) is 0 Å². The quantitative estimate of drug-likeness (QED) is 0.466. The van der Waals surface area contributed by atoms with Gasteiger partial charge in [-0.25, -0.2) is 14.8 Å². The van der Waals surface area contributed by atoms with Crippen molar-refractivity contribution in [2.45, 2.75) is 18.9 Å². The van der Waals surface area contributed by atoms with Crippen LogP contribution in [0.1, 0.15) is 33.0 Å². The summed E-state index contributed by atoms with van der Waals surface area (Å²) in [6.07, 6.45) is 0.930. The molecule has 0 fully saturated rings. The minimum absolute atomic E-state index is 0.153. The first-order chi connectivity index (χ1) is 15.4. The number of carboxylic acids is 2. The van der Waals surface area contributed by atoms with Crippen LogP contribution in [0, 0.1) is 0 Å². The number of rotatable bonds is 9. The standard InChI is InChI=1S/C23H21N3O6/c1-32-20-5-3-2-4-17(20)15-8-6-14(7-9-15)10-16(11-21(27)28)26-22(29)18-12-19(23(30)31)25-13-24-18/h2-9,12-13,16H,10-11H2,1H3,(H,26,29)(H,27,28)(H,30,31). The Labute approximate surface area is 183 Å². The molecule has 1 aromatic heterocycles. The molecule has 0 spiro atoms. The zero-order valence-electron chi connectivity index (χ0n) is 17.2. The van der Waals surface area contributed by atoms with Crippen molar-refractivity contribution in [3.63, 3.8) is 0 Å². The molecule has 0 aliphatic carbocycles. The summed E-state index contributed by atoms with van der Waals surface area (Å²) in [4.78, 5) is 42.2. The Morgan fingerprint density at radius 1 is 1.00 bits per heavy atom. The summed E-state index contributed by atoms with van der Waals surface area (Å²) in [5, 5.41) is 20.9. The number of aliphatic carboxylic acids is 1. The topological polar surface area (TPSA) is 139 Å². The molecule has 32 heavy (non-hydrogen) atoms. The van der Waals surface area contributed by atoms with Crippen LogP contribution in [-0.4, -0.2) is 51.2 Å². The highest BCUT2D eigenvalue weighted by Gasteiger charge is 2.20. The van der Waals surface area contributed by atoms with Gasteiger partial charge in [0.25, 0.3) is 5.91 Å². The van der Waals surface area contributed by atoms with Gasteiger partial charge in [0, 0.05) is 17.7 Å². The fraction of sp³-hybridized carbons (Fsp3) is 0.174. The van der Waals surface area contributed by atoms with Gasteiger partial charge in [-0.1, -0.05) is 42.5 Å². The number of methoxy groups -OCH3 is 1. The smallest absolute Gasteiger partial charge is 0.354 e. The number of hydrogen-bond acceptors (Lipinski definition) is 6. The predicted molar refractivity (Wildman–Crippen MR) is 115 cm³/mol. The highest BCUT2D eigenvalue weighted by atomic mass is 16.5. The van der Waals surface area contributed by atoms with E-state index in [-0.39, 0.29) is 24.2 Å². The van der Waals surface area contributed by atoms with Crippen LogP contribution in [0.2, 0.25) is 0 Å². The lowest BCUT2D eigenvalue weighted by molar-refractivity contribution is -0.137. The minimum Gasteiger partial charge on any atom is -0.496 e. The third-order valence-electron chi connectivity index (χ3n) is 4.73. The largest absolute Gasteiger partial charge is 0.496 e. The molecule has 1 unspecified atom stereocenters. The molecule has 2 aromatic carbocycles. The fourth-order valence-electron chi connectivity index (χ4n) is 3.23. The first-order valence-corrected chi connectivity index (χ1v) is 9.67. The second kappa shape index (κ2) is 10.2. The van der Waals surface area contributed by atoms with Gasteiger partial charge in [-0.15, -0.1) is 0 Å². The maximum absolute atomic E-state index is 12.5. The number of amides is 1. The number of nitrogens with one attached hydrogen (secondary N) is 1. The number of carbonyl (C=O) groups excluding carboxylic acids is 1. The monoisotopic (exact) mass is 435 g/mol.